The Balaban J connectivity index is 1.89. The fourth-order valence-corrected chi connectivity index (χ4v) is 2.06. The van der Waals surface area contributed by atoms with E-state index in [4.69, 9.17) is 4.74 Å². The highest BCUT2D eigenvalue weighted by atomic mass is 16.5. The van der Waals surface area contributed by atoms with Crippen LogP contribution in [0.1, 0.15) is 18.2 Å². The molecule has 1 aromatic carbocycles. The van der Waals surface area contributed by atoms with Crippen LogP contribution in [0.3, 0.4) is 0 Å². The highest BCUT2D eigenvalue weighted by molar-refractivity contribution is 5.89. The number of anilines is 1. The van der Waals surface area contributed by atoms with Crippen molar-refractivity contribution in [3.05, 3.63) is 66.0 Å². The zero-order valence-electron chi connectivity index (χ0n) is 14.3. The van der Waals surface area contributed by atoms with Crippen LogP contribution in [0.4, 0.5) is 10.5 Å². The van der Waals surface area contributed by atoms with Crippen molar-refractivity contribution in [3.63, 3.8) is 0 Å². The SMILES string of the molecule is CCOC(=O)/C=C/c1ccc(NC(=O)N(C)Cc2ccccn2)cc1. The van der Waals surface area contributed by atoms with Crippen molar-refractivity contribution in [2.24, 2.45) is 0 Å². The van der Waals surface area contributed by atoms with Gasteiger partial charge in [0.1, 0.15) is 0 Å². The zero-order chi connectivity index (χ0) is 18.1. The molecule has 0 atom stereocenters. The Morgan fingerprint density at radius 2 is 1.96 bits per heavy atom. The number of benzene rings is 1. The molecule has 0 radical (unpaired) electrons. The molecular weight excluding hydrogens is 318 g/mol. The van der Waals surface area contributed by atoms with E-state index in [2.05, 4.69) is 10.3 Å². The van der Waals surface area contributed by atoms with Crippen LogP contribution in [0.5, 0.6) is 0 Å². The number of urea groups is 1. The quantitative estimate of drug-likeness (QED) is 0.647. The molecule has 0 aliphatic heterocycles. The van der Waals surface area contributed by atoms with E-state index >= 15 is 0 Å². The molecule has 6 nitrogen and oxygen atoms in total. The zero-order valence-corrected chi connectivity index (χ0v) is 14.3. The van der Waals surface area contributed by atoms with Crippen LogP contribution < -0.4 is 5.32 Å². The second-order valence-electron chi connectivity index (χ2n) is 5.31. The molecule has 1 heterocycles. The average molecular weight is 339 g/mol. The van der Waals surface area contributed by atoms with Gasteiger partial charge in [-0.15, -0.1) is 0 Å². The molecule has 2 rings (SSSR count). The largest absolute Gasteiger partial charge is 0.463 e. The highest BCUT2D eigenvalue weighted by Gasteiger charge is 2.09. The summed E-state index contributed by atoms with van der Waals surface area (Å²) in [5, 5.41) is 2.82. The van der Waals surface area contributed by atoms with Gasteiger partial charge in [-0.05, 0) is 42.8 Å². The summed E-state index contributed by atoms with van der Waals surface area (Å²) in [7, 11) is 1.71. The fraction of sp³-hybridized carbons (Fsp3) is 0.211. The number of rotatable bonds is 6. The summed E-state index contributed by atoms with van der Waals surface area (Å²) in [4.78, 5) is 29.2. The van der Waals surface area contributed by atoms with E-state index in [-0.39, 0.29) is 12.0 Å². The fourth-order valence-electron chi connectivity index (χ4n) is 2.06. The van der Waals surface area contributed by atoms with Crippen LogP contribution in [-0.2, 0) is 16.1 Å². The molecule has 0 aliphatic carbocycles. The molecule has 0 fully saturated rings. The Labute approximate surface area is 147 Å². The topological polar surface area (TPSA) is 71.5 Å². The van der Waals surface area contributed by atoms with Gasteiger partial charge in [-0.1, -0.05) is 18.2 Å². The summed E-state index contributed by atoms with van der Waals surface area (Å²) in [5.41, 5.74) is 2.33. The van der Waals surface area contributed by atoms with Gasteiger partial charge in [0.05, 0.1) is 18.8 Å². The number of pyridine rings is 1. The number of nitrogens with zero attached hydrogens (tertiary/aromatic N) is 2. The molecule has 0 aliphatic rings. The third-order valence-electron chi connectivity index (χ3n) is 3.33. The summed E-state index contributed by atoms with van der Waals surface area (Å²) in [6, 6.07) is 12.5. The highest BCUT2D eigenvalue weighted by Crippen LogP contribution is 2.12. The number of carbonyl (C=O) groups excluding carboxylic acids is 2. The van der Waals surface area contributed by atoms with Gasteiger partial charge in [0.2, 0.25) is 0 Å². The minimum absolute atomic E-state index is 0.222. The average Bonchev–Trinajstić information content (AvgIpc) is 2.62. The van der Waals surface area contributed by atoms with Gasteiger partial charge in [0, 0.05) is 25.0 Å². The van der Waals surface area contributed by atoms with Crippen molar-refractivity contribution in [2.45, 2.75) is 13.5 Å². The molecule has 2 aromatic rings. The van der Waals surface area contributed by atoms with Crippen LogP contribution in [0.25, 0.3) is 6.08 Å². The maximum Gasteiger partial charge on any atom is 0.330 e. The molecule has 0 bridgehead atoms. The summed E-state index contributed by atoms with van der Waals surface area (Å²) in [5.74, 6) is -0.379. The second kappa shape index (κ2) is 9.22. The number of hydrogen-bond donors (Lipinski definition) is 1. The van der Waals surface area contributed by atoms with E-state index in [0.29, 0.717) is 18.8 Å². The molecule has 0 saturated heterocycles. The number of esters is 1. The molecule has 6 heteroatoms. The lowest BCUT2D eigenvalue weighted by atomic mass is 10.2. The normalized spacial score (nSPS) is 10.5. The van der Waals surface area contributed by atoms with E-state index in [1.54, 1.807) is 43.3 Å². The smallest absolute Gasteiger partial charge is 0.330 e. The van der Waals surface area contributed by atoms with Crippen LogP contribution in [0, 0.1) is 0 Å². The maximum absolute atomic E-state index is 12.2. The van der Waals surface area contributed by atoms with Crippen molar-refractivity contribution in [3.8, 4) is 0 Å². The van der Waals surface area contributed by atoms with E-state index in [1.807, 2.05) is 30.3 Å². The molecule has 0 spiro atoms. The monoisotopic (exact) mass is 339 g/mol. The lowest BCUT2D eigenvalue weighted by Gasteiger charge is -2.17. The summed E-state index contributed by atoms with van der Waals surface area (Å²) >= 11 is 0. The number of aromatic nitrogens is 1. The Morgan fingerprint density at radius 1 is 1.20 bits per heavy atom. The molecule has 0 saturated carbocycles. The van der Waals surface area contributed by atoms with Crippen molar-refractivity contribution < 1.29 is 14.3 Å². The molecule has 130 valence electrons. The van der Waals surface area contributed by atoms with Gasteiger partial charge >= 0.3 is 12.0 Å². The standard InChI is InChI=1S/C19H21N3O3/c1-3-25-18(23)12-9-15-7-10-16(11-8-15)21-19(24)22(2)14-17-6-4-5-13-20-17/h4-13H,3,14H2,1-2H3,(H,21,24)/b12-9+. The van der Waals surface area contributed by atoms with Crippen molar-refractivity contribution in [2.75, 3.05) is 19.0 Å². The van der Waals surface area contributed by atoms with Crippen molar-refractivity contribution in [1.82, 2.24) is 9.88 Å². The third-order valence-corrected chi connectivity index (χ3v) is 3.33. The van der Waals surface area contributed by atoms with E-state index in [1.165, 1.54) is 6.08 Å². The Bertz CT molecular complexity index is 727. The lowest BCUT2D eigenvalue weighted by molar-refractivity contribution is -0.137. The molecule has 25 heavy (non-hydrogen) atoms. The van der Waals surface area contributed by atoms with Gasteiger partial charge < -0.3 is 15.0 Å². The Kier molecular flexibility index (Phi) is 6.71. The predicted molar refractivity (Wildman–Crippen MR) is 96.8 cm³/mol. The predicted octanol–water partition coefficient (Wildman–Crippen LogP) is 3.32. The van der Waals surface area contributed by atoms with Crippen LogP contribution in [-0.4, -0.2) is 35.5 Å². The molecule has 2 amide bonds. The number of carbonyl (C=O) groups is 2. The summed E-state index contributed by atoms with van der Waals surface area (Å²) < 4.78 is 4.82. The second-order valence-corrected chi connectivity index (χ2v) is 5.31. The van der Waals surface area contributed by atoms with Gasteiger partial charge in [-0.3, -0.25) is 4.98 Å². The van der Waals surface area contributed by atoms with Gasteiger partial charge in [0.15, 0.2) is 0 Å². The van der Waals surface area contributed by atoms with Gasteiger partial charge in [-0.2, -0.15) is 0 Å². The van der Waals surface area contributed by atoms with E-state index in [9.17, 15) is 9.59 Å². The van der Waals surface area contributed by atoms with Crippen LogP contribution in [0.15, 0.2) is 54.7 Å². The number of nitrogens with one attached hydrogen (secondary N) is 1. The van der Waals surface area contributed by atoms with Crippen LogP contribution >= 0.6 is 0 Å². The minimum Gasteiger partial charge on any atom is -0.463 e. The van der Waals surface area contributed by atoms with Gasteiger partial charge in [0.25, 0.3) is 0 Å². The maximum atomic E-state index is 12.2. The number of amides is 2. The lowest BCUT2D eigenvalue weighted by Crippen LogP contribution is -2.31. The Morgan fingerprint density at radius 3 is 2.60 bits per heavy atom. The first-order valence-corrected chi connectivity index (χ1v) is 7.95. The van der Waals surface area contributed by atoms with E-state index in [0.717, 1.165) is 11.3 Å². The first kappa shape index (κ1) is 18.2. The molecule has 0 unspecified atom stereocenters. The number of ether oxygens (including phenoxy) is 1. The molecular formula is C19H21N3O3. The summed E-state index contributed by atoms with van der Waals surface area (Å²) in [6.07, 6.45) is 4.73. The third kappa shape index (κ3) is 6.10. The van der Waals surface area contributed by atoms with E-state index < -0.39 is 0 Å². The minimum atomic E-state index is -0.379. The first-order valence-electron chi connectivity index (χ1n) is 7.95. The first-order chi connectivity index (χ1) is 12.1. The Hall–Kier alpha value is -3.15. The van der Waals surface area contributed by atoms with Crippen molar-refractivity contribution >= 4 is 23.8 Å². The number of hydrogen-bond acceptors (Lipinski definition) is 4. The van der Waals surface area contributed by atoms with Crippen molar-refractivity contribution in [1.29, 1.82) is 0 Å². The van der Waals surface area contributed by atoms with Gasteiger partial charge in [-0.25, -0.2) is 9.59 Å². The summed E-state index contributed by atoms with van der Waals surface area (Å²) in [6.45, 7) is 2.53. The molecule has 1 aromatic heterocycles. The molecule has 1 N–H and O–H groups in total. The van der Waals surface area contributed by atoms with Crippen LogP contribution in [0.2, 0.25) is 0 Å².